The zero-order chi connectivity index (χ0) is 25.3. The summed E-state index contributed by atoms with van der Waals surface area (Å²) in [7, 11) is 0. The van der Waals surface area contributed by atoms with Crippen LogP contribution in [0, 0.1) is 35.5 Å². The van der Waals surface area contributed by atoms with Crippen molar-refractivity contribution in [3.05, 3.63) is 0 Å². The van der Waals surface area contributed by atoms with Gasteiger partial charge in [-0.15, -0.1) is 0 Å². The van der Waals surface area contributed by atoms with Gasteiger partial charge in [-0.3, -0.25) is 9.59 Å². The Morgan fingerprint density at radius 3 is 1.24 bits per heavy atom. The Morgan fingerprint density at radius 2 is 0.912 bits per heavy atom. The molecule has 34 heavy (non-hydrogen) atoms. The van der Waals surface area contributed by atoms with Crippen LogP contribution in [0.15, 0.2) is 0 Å². The summed E-state index contributed by atoms with van der Waals surface area (Å²) in [5, 5.41) is 0. The zero-order valence-corrected chi connectivity index (χ0v) is 23.4. The number of hydrogen-bond acceptors (Lipinski definition) is 4. The highest BCUT2D eigenvalue weighted by Crippen LogP contribution is 2.30. The van der Waals surface area contributed by atoms with Gasteiger partial charge in [0.15, 0.2) is 0 Å². The van der Waals surface area contributed by atoms with Gasteiger partial charge < -0.3 is 9.47 Å². The summed E-state index contributed by atoms with van der Waals surface area (Å²) >= 11 is 0. The minimum absolute atomic E-state index is 0.0404. The first kappa shape index (κ1) is 31.0. The molecule has 0 radical (unpaired) electrons. The number of esters is 2. The lowest BCUT2D eigenvalue weighted by molar-refractivity contribution is -0.155. The summed E-state index contributed by atoms with van der Waals surface area (Å²) in [5.41, 5.74) is 0. The van der Waals surface area contributed by atoms with Crippen LogP contribution in [0.3, 0.4) is 0 Å². The molecule has 2 unspecified atom stereocenters. The molecular weight excluding hydrogens is 424 g/mol. The maximum Gasteiger partial charge on any atom is 0.308 e. The van der Waals surface area contributed by atoms with E-state index in [0.29, 0.717) is 13.2 Å². The second kappa shape index (κ2) is 18.2. The van der Waals surface area contributed by atoms with Crippen LogP contribution in [0.25, 0.3) is 0 Å². The van der Waals surface area contributed by atoms with E-state index in [1.807, 2.05) is 0 Å². The van der Waals surface area contributed by atoms with E-state index in [0.717, 1.165) is 75.0 Å². The van der Waals surface area contributed by atoms with Crippen molar-refractivity contribution in [2.24, 2.45) is 35.5 Å². The molecule has 1 fully saturated rings. The van der Waals surface area contributed by atoms with E-state index in [4.69, 9.17) is 9.47 Å². The summed E-state index contributed by atoms with van der Waals surface area (Å²) in [5.74, 6) is 2.86. The number of carbonyl (C=O) groups excluding carboxylic acids is 2. The van der Waals surface area contributed by atoms with Gasteiger partial charge in [-0.2, -0.15) is 0 Å². The van der Waals surface area contributed by atoms with Gasteiger partial charge in [-0.25, -0.2) is 0 Å². The van der Waals surface area contributed by atoms with Crippen LogP contribution in [0.4, 0.5) is 0 Å². The Labute approximate surface area is 211 Å². The van der Waals surface area contributed by atoms with Gasteiger partial charge in [0.05, 0.1) is 25.0 Å². The molecule has 0 spiro atoms. The first-order chi connectivity index (χ1) is 16.2. The fourth-order valence-electron chi connectivity index (χ4n) is 4.86. The van der Waals surface area contributed by atoms with Crippen LogP contribution < -0.4 is 0 Å². The van der Waals surface area contributed by atoms with Crippen molar-refractivity contribution in [2.45, 2.75) is 131 Å². The summed E-state index contributed by atoms with van der Waals surface area (Å²) in [6.45, 7) is 14.8. The molecule has 0 aromatic rings. The standard InChI is InChI=1S/C30H56O4/c1-23(2)13-15-25(5)11-7-9-21-33-29(31)27-17-19-28(20-18-27)30(32)34-22-10-8-12-26(6)16-14-24(3)4/h23-28H,7-22H2,1-6H3. The number of rotatable bonds is 18. The molecule has 2 atom stereocenters. The third kappa shape index (κ3) is 15.0. The molecular formula is C30H56O4. The third-order valence-corrected chi connectivity index (χ3v) is 7.54. The average molecular weight is 481 g/mol. The summed E-state index contributed by atoms with van der Waals surface area (Å²) in [6, 6.07) is 0. The molecule has 0 heterocycles. The average Bonchev–Trinajstić information content (AvgIpc) is 2.80. The van der Waals surface area contributed by atoms with Crippen molar-refractivity contribution >= 4 is 11.9 Å². The first-order valence-corrected chi connectivity index (χ1v) is 14.5. The van der Waals surface area contributed by atoms with Gasteiger partial charge in [0.1, 0.15) is 0 Å². The second-order valence-corrected chi connectivity index (χ2v) is 12.0. The number of unbranched alkanes of at least 4 members (excludes halogenated alkanes) is 2. The smallest absolute Gasteiger partial charge is 0.308 e. The highest BCUT2D eigenvalue weighted by Gasteiger charge is 2.31. The molecule has 1 aliphatic rings. The molecule has 0 aromatic heterocycles. The van der Waals surface area contributed by atoms with Crippen LogP contribution in [0.1, 0.15) is 131 Å². The molecule has 1 aliphatic carbocycles. The zero-order valence-electron chi connectivity index (χ0n) is 23.4. The van der Waals surface area contributed by atoms with Crippen LogP contribution in [0.5, 0.6) is 0 Å². The highest BCUT2D eigenvalue weighted by molar-refractivity contribution is 5.75. The van der Waals surface area contributed by atoms with E-state index in [1.165, 1.54) is 38.5 Å². The highest BCUT2D eigenvalue weighted by atomic mass is 16.5. The molecule has 0 N–H and O–H groups in total. The molecule has 4 nitrogen and oxygen atoms in total. The summed E-state index contributed by atoms with van der Waals surface area (Å²) in [6.07, 6.45) is 14.8. The number of ether oxygens (including phenoxy) is 2. The Morgan fingerprint density at radius 1 is 0.559 bits per heavy atom. The van der Waals surface area contributed by atoms with E-state index in [9.17, 15) is 9.59 Å². The van der Waals surface area contributed by atoms with Gasteiger partial charge >= 0.3 is 11.9 Å². The minimum Gasteiger partial charge on any atom is -0.465 e. The molecule has 1 rings (SSSR count). The summed E-state index contributed by atoms with van der Waals surface area (Å²) in [4.78, 5) is 24.8. The Hall–Kier alpha value is -1.06. The minimum atomic E-state index is -0.0636. The first-order valence-electron chi connectivity index (χ1n) is 14.5. The van der Waals surface area contributed by atoms with E-state index >= 15 is 0 Å². The van der Waals surface area contributed by atoms with E-state index in [1.54, 1.807) is 0 Å². The Bertz CT molecular complexity index is 486. The normalized spacial score (nSPS) is 20.4. The predicted molar refractivity (Wildman–Crippen MR) is 142 cm³/mol. The Balaban J connectivity index is 2.07. The monoisotopic (exact) mass is 480 g/mol. The van der Waals surface area contributed by atoms with Gasteiger partial charge in [0, 0.05) is 0 Å². The van der Waals surface area contributed by atoms with Gasteiger partial charge in [0.2, 0.25) is 0 Å². The van der Waals surface area contributed by atoms with Crippen molar-refractivity contribution in [3.63, 3.8) is 0 Å². The predicted octanol–water partition coefficient (Wildman–Crippen LogP) is 8.36. The van der Waals surface area contributed by atoms with Crippen molar-refractivity contribution in [2.75, 3.05) is 13.2 Å². The maximum absolute atomic E-state index is 12.4. The van der Waals surface area contributed by atoms with Crippen molar-refractivity contribution in [1.82, 2.24) is 0 Å². The SMILES string of the molecule is CC(C)CCC(C)CCCCOC(=O)C1CCC(C(=O)OCCCCC(C)CCC(C)C)CC1. The van der Waals surface area contributed by atoms with Crippen LogP contribution in [-0.2, 0) is 19.1 Å². The maximum atomic E-state index is 12.4. The van der Waals surface area contributed by atoms with Gasteiger partial charge in [-0.05, 0) is 75.0 Å². The second-order valence-electron chi connectivity index (χ2n) is 12.0. The molecule has 0 amide bonds. The lowest BCUT2D eigenvalue weighted by Gasteiger charge is -2.26. The molecule has 200 valence electrons. The molecule has 0 bridgehead atoms. The number of hydrogen-bond donors (Lipinski definition) is 0. The van der Waals surface area contributed by atoms with Crippen LogP contribution in [-0.4, -0.2) is 25.2 Å². The van der Waals surface area contributed by atoms with Crippen molar-refractivity contribution in [1.29, 1.82) is 0 Å². The van der Waals surface area contributed by atoms with E-state index in [2.05, 4.69) is 41.5 Å². The molecule has 1 saturated carbocycles. The largest absolute Gasteiger partial charge is 0.465 e. The van der Waals surface area contributed by atoms with Crippen molar-refractivity contribution in [3.8, 4) is 0 Å². The summed E-state index contributed by atoms with van der Waals surface area (Å²) < 4.78 is 11.1. The molecule has 0 aromatic carbocycles. The molecule has 0 aliphatic heterocycles. The lowest BCUT2D eigenvalue weighted by Crippen LogP contribution is -2.28. The van der Waals surface area contributed by atoms with Crippen LogP contribution in [0.2, 0.25) is 0 Å². The van der Waals surface area contributed by atoms with E-state index in [-0.39, 0.29) is 23.8 Å². The molecule has 0 saturated heterocycles. The van der Waals surface area contributed by atoms with Gasteiger partial charge in [-0.1, -0.05) is 80.1 Å². The number of carbonyl (C=O) groups is 2. The van der Waals surface area contributed by atoms with Crippen LogP contribution >= 0.6 is 0 Å². The van der Waals surface area contributed by atoms with Gasteiger partial charge in [0.25, 0.3) is 0 Å². The topological polar surface area (TPSA) is 52.6 Å². The van der Waals surface area contributed by atoms with Crippen molar-refractivity contribution < 1.29 is 19.1 Å². The molecule has 4 heteroatoms. The third-order valence-electron chi connectivity index (χ3n) is 7.54. The lowest BCUT2D eigenvalue weighted by atomic mass is 9.82. The fraction of sp³-hybridized carbons (Fsp3) is 0.933. The fourth-order valence-corrected chi connectivity index (χ4v) is 4.86. The Kier molecular flexibility index (Phi) is 16.6. The quantitative estimate of drug-likeness (QED) is 0.146. The van der Waals surface area contributed by atoms with E-state index < -0.39 is 0 Å².